The predicted molar refractivity (Wildman–Crippen MR) is 78.2 cm³/mol. The number of pyridine rings is 1. The van der Waals surface area contributed by atoms with Gasteiger partial charge in [-0.05, 0) is 24.6 Å². The van der Waals surface area contributed by atoms with Crippen LogP contribution < -0.4 is 0 Å². The maximum Gasteiger partial charge on any atom is 0.104 e. The molecule has 0 atom stereocenters. The molecule has 0 unspecified atom stereocenters. The van der Waals surface area contributed by atoms with Gasteiger partial charge < -0.3 is 9.84 Å². The van der Waals surface area contributed by atoms with Crippen LogP contribution in [0, 0.1) is 11.8 Å². The molecule has 0 amide bonds. The zero-order valence-electron chi connectivity index (χ0n) is 12.5. The molecular weight excluding hydrogens is 226 g/mol. The van der Waals surface area contributed by atoms with E-state index in [1.807, 2.05) is 39.8 Å². The van der Waals surface area contributed by atoms with Crippen LogP contribution in [-0.2, 0) is 11.3 Å². The molecule has 1 N–H and O–H groups in total. The van der Waals surface area contributed by atoms with Gasteiger partial charge in [-0.15, -0.1) is 5.92 Å². The minimum absolute atomic E-state index is 0.0174. The lowest BCUT2D eigenvalue weighted by atomic mass is 10.3. The maximum absolute atomic E-state index is 7.89. The van der Waals surface area contributed by atoms with Crippen molar-refractivity contribution in [2.45, 2.75) is 41.2 Å². The molecule has 0 saturated carbocycles. The average molecular weight is 253 g/mol. The molecule has 18 heavy (non-hydrogen) atoms. The molecule has 1 rings (SSSR count). The first-order chi connectivity index (χ1) is 8.85. The Morgan fingerprint density at radius 3 is 1.94 bits per heavy atom. The second-order valence-electron chi connectivity index (χ2n) is 2.37. The molecule has 0 aliphatic heterocycles. The normalized spacial score (nSPS) is 6.83. The van der Waals surface area contributed by atoms with Crippen LogP contribution >= 0.6 is 0 Å². The Labute approximate surface area is 112 Å². The van der Waals surface area contributed by atoms with Gasteiger partial charge in [0.15, 0.2) is 0 Å². The van der Waals surface area contributed by atoms with Crippen molar-refractivity contribution in [1.29, 1.82) is 0 Å². The zero-order valence-corrected chi connectivity index (χ0v) is 12.5. The van der Waals surface area contributed by atoms with Gasteiger partial charge in [0.2, 0.25) is 0 Å². The SMILES string of the molecule is CC.CC.CC#CCO.COCc1ccncc1. The van der Waals surface area contributed by atoms with E-state index in [-0.39, 0.29) is 6.61 Å². The maximum atomic E-state index is 7.89. The average Bonchev–Trinajstić information content (AvgIpc) is 2.46. The summed E-state index contributed by atoms with van der Waals surface area (Å²) in [5.74, 6) is 4.93. The Kier molecular flexibility index (Phi) is 30.0. The van der Waals surface area contributed by atoms with E-state index in [0.717, 1.165) is 5.56 Å². The lowest BCUT2D eigenvalue weighted by Gasteiger charge is -1.94. The topological polar surface area (TPSA) is 42.4 Å². The van der Waals surface area contributed by atoms with Crippen molar-refractivity contribution in [3.63, 3.8) is 0 Å². The monoisotopic (exact) mass is 253 g/mol. The molecule has 0 fully saturated rings. The summed E-state index contributed by atoms with van der Waals surface area (Å²) < 4.78 is 4.90. The van der Waals surface area contributed by atoms with Gasteiger partial charge in [-0.3, -0.25) is 4.98 Å². The van der Waals surface area contributed by atoms with Gasteiger partial charge in [-0.25, -0.2) is 0 Å². The fourth-order valence-electron chi connectivity index (χ4n) is 0.725. The predicted octanol–water partition coefficient (Wildman–Crippen LogP) is 3.28. The van der Waals surface area contributed by atoms with Crippen LogP contribution in [0.2, 0.25) is 0 Å². The number of rotatable bonds is 2. The van der Waals surface area contributed by atoms with E-state index >= 15 is 0 Å². The van der Waals surface area contributed by atoms with E-state index in [0.29, 0.717) is 6.61 Å². The van der Waals surface area contributed by atoms with Crippen LogP contribution in [-0.4, -0.2) is 23.8 Å². The van der Waals surface area contributed by atoms with Crippen LogP contribution in [0.4, 0.5) is 0 Å². The summed E-state index contributed by atoms with van der Waals surface area (Å²) >= 11 is 0. The van der Waals surface area contributed by atoms with Gasteiger partial charge in [0.05, 0.1) is 6.61 Å². The molecule has 0 aliphatic carbocycles. The lowest BCUT2D eigenvalue weighted by molar-refractivity contribution is 0.185. The second-order valence-corrected chi connectivity index (χ2v) is 2.37. The molecule has 0 radical (unpaired) electrons. The summed E-state index contributed by atoms with van der Waals surface area (Å²) in [5.41, 5.74) is 1.16. The summed E-state index contributed by atoms with van der Waals surface area (Å²) in [6.45, 7) is 10.3. The fraction of sp³-hybridized carbons (Fsp3) is 0.533. The highest BCUT2D eigenvalue weighted by Gasteiger charge is 1.85. The van der Waals surface area contributed by atoms with Gasteiger partial charge >= 0.3 is 0 Å². The molecule has 0 saturated heterocycles. The van der Waals surface area contributed by atoms with Crippen molar-refractivity contribution in [2.75, 3.05) is 13.7 Å². The molecule has 0 bridgehead atoms. The summed E-state index contributed by atoms with van der Waals surface area (Å²) in [4.78, 5) is 3.87. The molecule has 1 heterocycles. The number of methoxy groups -OCH3 is 1. The van der Waals surface area contributed by atoms with Crippen LogP contribution in [0.25, 0.3) is 0 Å². The van der Waals surface area contributed by atoms with Crippen molar-refractivity contribution < 1.29 is 9.84 Å². The number of aromatic nitrogens is 1. The third-order valence-electron chi connectivity index (χ3n) is 1.32. The zero-order chi connectivity index (χ0) is 14.6. The fourth-order valence-corrected chi connectivity index (χ4v) is 0.725. The van der Waals surface area contributed by atoms with E-state index < -0.39 is 0 Å². The molecule has 104 valence electrons. The summed E-state index contributed by atoms with van der Waals surface area (Å²) in [5, 5.41) is 7.89. The van der Waals surface area contributed by atoms with Crippen LogP contribution in [0.1, 0.15) is 40.2 Å². The van der Waals surface area contributed by atoms with Gasteiger partial charge in [-0.2, -0.15) is 0 Å². The molecule has 1 aromatic heterocycles. The number of hydrogen-bond donors (Lipinski definition) is 1. The van der Waals surface area contributed by atoms with Crippen LogP contribution in [0.5, 0.6) is 0 Å². The summed E-state index contributed by atoms with van der Waals surface area (Å²) in [7, 11) is 1.68. The number of hydrogen-bond acceptors (Lipinski definition) is 3. The van der Waals surface area contributed by atoms with Crippen molar-refractivity contribution in [3.8, 4) is 11.8 Å². The molecule has 0 aliphatic rings. The highest BCUT2D eigenvalue weighted by atomic mass is 16.5. The van der Waals surface area contributed by atoms with Gasteiger partial charge in [0.1, 0.15) is 6.61 Å². The van der Waals surface area contributed by atoms with Gasteiger partial charge in [0.25, 0.3) is 0 Å². The molecule has 3 nitrogen and oxygen atoms in total. The third-order valence-corrected chi connectivity index (χ3v) is 1.32. The molecular formula is C15H27NO2. The molecule has 0 spiro atoms. The molecule has 1 aromatic rings. The number of aliphatic hydroxyl groups is 1. The van der Waals surface area contributed by atoms with E-state index in [4.69, 9.17) is 9.84 Å². The Balaban J connectivity index is -0.000000215. The summed E-state index contributed by atoms with van der Waals surface area (Å²) in [6.07, 6.45) is 3.52. The second kappa shape index (κ2) is 24.7. The Morgan fingerprint density at radius 1 is 1.17 bits per heavy atom. The van der Waals surface area contributed by atoms with Crippen LogP contribution in [0.3, 0.4) is 0 Å². The van der Waals surface area contributed by atoms with Crippen molar-refractivity contribution in [2.24, 2.45) is 0 Å². The molecule has 3 heteroatoms. The van der Waals surface area contributed by atoms with E-state index in [2.05, 4.69) is 16.8 Å². The first-order valence-electron chi connectivity index (χ1n) is 6.23. The standard InChI is InChI=1S/C7H9NO.C4H6O.2C2H6/c1-9-6-7-2-4-8-5-3-7;1-2-3-4-5;2*1-2/h2-5H,6H2,1H3;5H,4H2,1H3;2*1-2H3. The largest absolute Gasteiger partial charge is 0.384 e. The van der Waals surface area contributed by atoms with Gasteiger partial charge in [-0.1, -0.05) is 33.6 Å². The van der Waals surface area contributed by atoms with Gasteiger partial charge in [0, 0.05) is 19.5 Å². The first kappa shape index (κ1) is 21.9. The lowest BCUT2D eigenvalue weighted by Crippen LogP contribution is -1.85. The molecule has 0 aromatic carbocycles. The minimum atomic E-state index is -0.0174. The van der Waals surface area contributed by atoms with Crippen molar-refractivity contribution >= 4 is 0 Å². The number of ether oxygens (including phenoxy) is 1. The first-order valence-corrected chi connectivity index (χ1v) is 6.23. The number of nitrogens with zero attached hydrogens (tertiary/aromatic N) is 1. The van der Waals surface area contributed by atoms with Crippen LogP contribution in [0.15, 0.2) is 24.5 Å². The Morgan fingerprint density at radius 2 is 1.67 bits per heavy atom. The Hall–Kier alpha value is -1.37. The van der Waals surface area contributed by atoms with Crippen molar-refractivity contribution in [3.05, 3.63) is 30.1 Å². The Bertz CT molecular complexity index is 276. The van der Waals surface area contributed by atoms with E-state index in [9.17, 15) is 0 Å². The quantitative estimate of drug-likeness (QED) is 0.822. The third kappa shape index (κ3) is 20.1. The summed E-state index contributed by atoms with van der Waals surface area (Å²) in [6, 6.07) is 3.87. The number of aliphatic hydroxyl groups excluding tert-OH is 1. The highest BCUT2D eigenvalue weighted by Crippen LogP contribution is 1.95. The van der Waals surface area contributed by atoms with E-state index in [1.54, 1.807) is 26.4 Å². The minimum Gasteiger partial charge on any atom is -0.384 e. The van der Waals surface area contributed by atoms with Crippen molar-refractivity contribution in [1.82, 2.24) is 4.98 Å². The van der Waals surface area contributed by atoms with E-state index in [1.165, 1.54) is 0 Å². The smallest absolute Gasteiger partial charge is 0.104 e. The highest BCUT2D eigenvalue weighted by molar-refractivity contribution is 5.07.